The molecule has 1 amide bonds. The predicted octanol–water partition coefficient (Wildman–Crippen LogP) is 5.06. The Kier molecular flexibility index (Phi) is 5.56. The Balaban J connectivity index is 1.46. The second kappa shape index (κ2) is 8.31. The Bertz CT molecular complexity index is 1240. The zero-order valence-corrected chi connectivity index (χ0v) is 18.0. The van der Waals surface area contributed by atoms with Gasteiger partial charge in [-0.2, -0.15) is 10.2 Å². The number of azo groups is 1. The third-order valence-electron chi connectivity index (χ3n) is 5.01. The van der Waals surface area contributed by atoms with Gasteiger partial charge in [-0.3, -0.25) is 9.10 Å². The predicted molar refractivity (Wildman–Crippen MR) is 122 cm³/mol. The summed E-state index contributed by atoms with van der Waals surface area (Å²) in [6, 6.07) is 21.4. The van der Waals surface area contributed by atoms with E-state index in [1.165, 1.54) is 10.6 Å². The first-order valence-electron chi connectivity index (χ1n) is 9.82. The zero-order chi connectivity index (χ0) is 22.0. The van der Waals surface area contributed by atoms with Crippen LogP contribution in [0.1, 0.15) is 22.8 Å². The van der Waals surface area contributed by atoms with Crippen LogP contribution in [0.3, 0.4) is 0 Å². The molecule has 8 heteroatoms. The number of hydrogen-bond acceptors (Lipinski definition) is 5. The Morgan fingerprint density at radius 3 is 2.26 bits per heavy atom. The highest BCUT2D eigenvalue weighted by molar-refractivity contribution is 7.92. The number of anilines is 2. The zero-order valence-electron chi connectivity index (χ0n) is 17.2. The average Bonchev–Trinajstić information content (AvgIpc) is 3.09. The van der Waals surface area contributed by atoms with Gasteiger partial charge in [0, 0.05) is 17.3 Å². The van der Waals surface area contributed by atoms with Crippen molar-refractivity contribution in [2.45, 2.75) is 19.4 Å². The lowest BCUT2D eigenvalue weighted by Crippen LogP contribution is -2.34. The number of hydrogen-bond donors (Lipinski definition) is 1. The van der Waals surface area contributed by atoms with Crippen LogP contribution in [0.15, 0.2) is 83.0 Å². The van der Waals surface area contributed by atoms with Gasteiger partial charge in [-0.25, -0.2) is 8.42 Å². The van der Waals surface area contributed by atoms with Crippen LogP contribution in [0.4, 0.5) is 22.7 Å². The maximum Gasteiger partial charge on any atom is 0.255 e. The largest absolute Gasteiger partial charge is 0.322 e. The molecule has 1 atom stereocenters. The summed E-state index contributed by atoms with van der Waals surface area (Å²) in [5, 5.41) is 11.2. The van der Waals surface area contributed by atoms with E-state index >= 15 is 0 Å². The second-order valence-electron chi connectivity index (χ2n) is 7.49. The molecular formula is C23H22N4O3S. The molecule has 3 aromatic carbocycles. The lowest BCUT2D eigenvalue weighted by Gasteiger charge is -2.21. The summed E-state index contributed by atoms with van der Waals surface area (Å²) in [6.45, 7) is 1.86. The molecule has 0 saturated heterocycles. The number of nitrogens with one attached hydrogen (secondary N) is 1. The first-order chi connectivity index (χ1) is 14.8. The molecule has 0 radical (unpaired) electrons. The minimum atomic E-state index is -3.36. The number of rotatable bonds is 5. The molecule has 1 heterocycles. The van der Waals surface area contributed by atoms with Gasteiger partial charge in [-0.1, -0.05) is 18.2 Å². The molecule has 1 unspecified atom stereocenters. The fraction of sp³-hybridized carbons (Fsp3) is 0.174. The maximum absolute atomic E-state index is 12.7. The van der Waals surface area contributed by atoms with Gasteiger partial charge in [0.05, 0.1) is 23.3 Å². The van der Waals surface area contributed by atoms with Crippen LogP contribution in [0.2, 0.25) is 0 Å². The number of fused-ring (bicyclic) bond motifs is 1. The van der Waals surface area contributed by atoms with Gasteiger partial charge < -0.3 is 5.32 Å². The second-order valence-corrected chi connectivity index (χ2v) is 9.35. The fourth-order valence-corrected chi connectivity index (χ4v) is 4.94. The summed E-state index contributed by atoms with van der Waals surface area (Å²) < 4.78 is 25.5. The Labute approximate surface area is 181 Å². The molecule has 0 saturated carbocycles. The van der Waals surface area contributed by atoms with Gasteiger partial charge in [-0.15, -0.1) is 0 Å². The topological polar surface area (TPSA) is 91.2 Å². The molecule has 0 fully saturated rings. The van der Waals surface area contributed by atoms with Crippen LogP contribution in [0, 0.1) is 0 Å². The summed E-state index contributed by atoms with van der Waals surface area (Å²) in [4.78, 5) is 12.7. The van der Waals surface area contributed by atoms with E-state index in [1.807, 2.05) is 37.3 Å². The molecule has 0 aliphatic carbocycles. The molecule has 4 rings (SSSR count). The minimum absolute atomic E-state index is 0.166. The number of nitrogens with zero attached hydrogens (tertiary/aromatic N) is 3. The van der Waals surface area contributed by atoms with Gasteiger partial charge in [0.25, 0.3) is 5.91 Å². The molecule has 3 aromatic rings. The normalized spacial score (nSPS) is 15.8. The number of sulfonamides is 1. The molecule has 1 aliphatic rings. The molecule has 0 spiro atoms. The van der Waals surface area contributed by atoms with Gasteiger partial charge in [-0.05, 0) is 73.5 Å². The summed E-state index contributed by atoms with van der Waals surface area (Å²) in [6.07, 6.45) is 1.77. The van der Waals surface area contributed by atoms with Crippen molar-refractivity contribution in [2.24, 2.45) is 10.2 Å². The fourth-order valence-electron chi connectivity index (χ4n) is 3.67. The van der Waals surface area contributed by atoms with Gasteiger partial charge in [0.2, 0.25) is 10.0 Å². The standard InChI is InChI=1S/C23H22N4O3S/c1-16-14-18-15-17(8-13-22(18)27(16)31(2,29)30)23(28)24-19-9-11-21(12-10-19)26-25-20-6-4-3-5-7-20/h3-13,15-16H,14H2,1-2H3,(H,24,28). The molecule has 1 N–H and O–H groups in total. The lowest BCUT2D eigenvalue weighted by molar-refractivity contribution is 0.102. The first kappa shape index (κ1) is 20.7. The van der Waals surface area contributed by atoms with Crippen LogP contribution in [0.25, 0.3) is 0 Å². The van der Waals surface area contributed by atoms with Crippen molar-refractivity contribution in [2.75, 3.05) is 15.9 Å². The van der Waals surface area contributed by atoms with E-state index in [-0.39, 0.29) is 11.9 Å². The van der Waals surface area contributed by atoms with E-state index in [0.717, 1.165) is 11.3 Å². The molecule has 0 aromatic heterocycles. The first-order valence-corrected chi connectivity index (χ1v) is 11.7. The summed E-state index contributed by atoms with van der Waals surface area (Å²) in [7, 11) is -3.36. The van der Waals surface area contributed by atoms with Crippen molar-refractivity contribution >= 4 is 38.7 Å². The average molecular weight is 435 g/mol. The third-order valence-corrected chi connectivity index (χ3v) is 6.29. The molecule has 1 aliphatic heterocycles. The van der Waals surface area contributed by atoms with Crippen LogP contribution in [-0.4, -0.2) is 26.6 Å². The van der Waals surface area contributed by atoms with E-state index < -0.39 is 10.0 Å². The van der Waals surface area contributed by atoms with Crippen LogP contribution < -0.4 is 9.62 Å². The minimum Gasteiger partial charge on any atom is -0.322 e. The highest BCUT2D eigenvalue weighted by atomic mass is 32.2. The Hall–Kier alpha value is -3.52. The van der Waals surface area contributed by atoms with Crippen molar-refractivity contribution in [3.8, 4) is 0 Å². The van der Waals surface area contributed by atoms with Crippen molar-refractivity contribution in [1.29, 1.82) is 0 Å². The quantitative estimate of drug-likeness (QED) is 0.569. The van der Waals surface area contributed by atoms with Crippen LogP contribution in [0.5, 0.6) is 0 Å². The number of amides is 1. The van der Waals surface area contributed by atoms with E-state index in [1.54, 1.807) is 42.5 Å². The molecule has 158 valence electrons. The smallest absolute Gasteiger partial charge is 0.255 e. The van der Waals surface area contributed by atoms with E-state index in [0.29, 0.717) is 29.0 Å². The highest BCUT2D eigenvalue weighted by Gasteiger charge is 2.32. The highest BCUT2D eigenvalue weighted by Crippen LogP contribution is 2.34. The summed E-state index contributed by atoms with van der Waals surface area (Å²) >= 11 is 0. The van der Waals surface area contributed by atoms with Crippen molar-refractivity contribution in [3.63, 3.8) is 0 Å². The van der Waals surface area contributed by atoms with Crippen molar-refractivity contribution < 1.29 is 13.2 Å². The number of benzene rings is 3. The monoisotopic (exact) mass is 434 g/mol. The van der Waals surface area contributed by atoms with Crippen LogP contribution >= 0.6 is 0 Å². The Morgan fingerprint density at radius 2 is 1.61 bits per heavy atom. The van der Waals surface area contributed by atoms with Gasteiger partial charge in [0.1, 0.15) is 0 Å². The number of carbonyl (C=O) groups excluding carboxylic acids is 1. The van der Waals surface area contributed by atoms with E-state index in [2.05, 4.69) is 15.5 Å². The summed E-state index contributed by atoms with van der Waals surface area (Å²) in [5.41, 5.74) is 4.04. The van der Waals surface area contributed by atoms with Gasteiger partial charge >= 0.3 is 0 Å². The lowest BCUT2D eigenvalue weighted by atomic mass is 10.1. The van der Waals surface area contributed by atoms with Crippen molar-refractivity contribution in [3.05, 3.63) is 83.9 Å². The molecule has 31 heavy (non-hydrogen) atoms. The Morgan fingerprint density at radius 1 is 0.968 bits per heavy atom. The SMILES string of the molecule is CC1Cc2cc(C(=O)Nc3ccc(N=Nc4ccccc4)cc3)ccc2N1S(C)(=O)=O. The third kappa shape index (κ3) is 4.64. The van der Waals surface area contributed by atoms with Crippen LogP contribution in [-0.2, 0) is 16.4 Å². The number of carbonyl (C=O) groups is 1. The van der Waals surface area contributed by atoms with E-state index in [4.69, 9.17) is 0 Å². The molecule has 0 bridgehead atoms. The molecular weight excluding hydrogens is 412 g/mol. The van der Waals surface area contributed by atoms with Crippen molar-refractivity contribution in [1.82, 2.24) is 0 Å². The van der Waals surface area contributed by atoms with Gasteiger partial charge in [0.15, 0.2) is 0 Å². The summed E-state index contributed by atoms with van der Waals surface area (Å²) in [5.74, 6) is -0.257. The van der Waals surface area contributed by atoms with E-state index in [9.17, 15) is 13.2 Å². The molecule has 7 nitrogen and oxygen atoms in total. The maximum atomic E-state index is 12.7.